The van der Waals surface area contributed by atoms with Crippen molar-refractivity contribution in [3.63, 3.8) is 0 Å². The number of piperidine rings is 1. The molecule has 2 aliphatic rings. The van der Waals surface area contributed by atoms with Gasteiger partial charge in [0.15, 0.2) is 0 Å². The molecule has 3 rings (SSSR count). The number of anilines is 1. The first-order chi connectivity index (χ1) is 11.8. The maximum absolute atomic E-state index is 13.5. The number of benzene rings is 1. The quantitative estimate of drug-likeness (QED) is 0.910. The minimum atomic E-state index is -0.376. The van der Waals surface area contributed by atoms with Gasteiger partial charge in [0.2, 0.25) is 11.8 Å². The van der Waals surface area contributed by atoms with Crippen molar-refractivity contribution in [2.24, 2.45) is 11.3 Å². The number of aryl methyl sites for hydroxylation is 1. The SMILES string of the molecule is Cc1cc(N2CC(C(=O)N3CCCC(C)(CO)C3)CC2=O)ccc1F. The minimum absolute atomic E-state index is 0.0194. The second kappa shape index (κ2) is 6.75. The van der Waals surface area contributed by atoms with Gasteiger partial charge in [0, 0.05) is 37.2 Å². The fourth-order valence-corrected chi connectivity index (χ4v) is 3.81. The molecule has 25 heavy (non-hydrogen) atoms. The summed E-state index contributed by atoms with van der Waals surface area (Å²) in [5.41, 5.74) is 0.859. The van der Waals surface area contributed by atoms with Crippen LogP contribution in [0.15, 0.2) is 18.2 Å². The Balaban J connectivity index is 1.71. The first-order valence-electron chi connectivity index (χ1n) is 8.79. The Hall–Kier alpha value is -1.95. The van der Waals surface area contributed by atoms with Crippen LogP contribution in [-0.2, 0) is 9.59 Å². The summed E-state index contributed by atoms with van der Waals surface area (Å²) in [6.07, 6.45) is 1.95. The Kier molecular flexibility index (Phi) is 4.82. The van der Waals surface area contributed by atoms with E-state index < -0.39 is 0 Å². The molecule has 2 aliphatic heterocycles. The van der Waals surface area contributed by atoms with Gasteiger partial charge in [-0.05, 0) is 43.5 Å². The molecule has 0 aliphatic carbocycles. The molecule has 6 heteroatoms. The largest absolute Gasteiger partial charge is 0.396 e. The zero-order valence-electron chi connectivity index (χ0n) is 14.8. The smallest absolute Gasteiger partial charge is 0.228 e. The third kappa shape index (κ3) is 3.54. The van der Waals surface area contributed by atoms with Crippen molar-refractivity contribution in [2.45, 2.75) is 33.1 Å². The Morgan fingerprint density at radius 2 is 2.20 bits per heavy atom. The van der Waals surface area contributed by atoms with E-state index in [1.165, 1.54) is 6.07 Å². The van der Waals surface area contributed by atoms with E-state index in [4.69, 9.17) is 0 Å². The van der Waals surface area contributed by atoms with Crippen molar-refractivity contribution in [3.05, 3.63) is 29.6 Å². The van der Waals surface area contributed by atoms with Gasteiger partial charge in [-0.1, -0.05) is 6.92 Å². The number of halogens is 1. The van der Waals surface area contributed by atoms with E-state index in [-0.39, 0.29) is 42.0 Å². The number of aliphatic hydroxyl groups excluding tert-OH is 1. The summed E-state index contributed by atoms with van der Waals surface area (Å²) in [5, 5.41) is 9.57. The van der Waals surface area contributed by atoms with Crippen molar-refractivity contribution in [1.82, 2.24) is 4.90 Å². The van der Waals surface area contributed by atoms with Crippen molar-refractivity contribution in [3.8, 4) is 0 Å². The second-order valence-electron chi connectivity index (χ2n) is 7.67. The standard InChI is InChI=1S/C19H25FN2O3/c1-13-8-15(4-5-16(13)20)22-10-14(9-17(22)24)18(25)21-7-3-6-19(2,11-21)12-23/h4-5,8,14,23H,3,6-7,9-12H2,1-2H3. The van der Waals surface area contributed by atoms with Crippen LogP contribution in [0.4, 0.5) is 10.1 Å². The van der Waals surface area contributed by atoms with Crippen molar-refractivity contribution >= 4 is 17.5 Å². The molecule has 2 unspecified atom stereocenters. The van der Waals surface area contributed by atoms with Crippen LogP contribution < -0.4 is 4.90 Å². The van der Waals surface area contributed by atoms with Crippen molar-refractivity contribution < 1.29 is 19.1 Å². The molecule has 0 spiro atoms. The van der Waals surface area contributed by atoms with E-state index >= 15 is 0 Å². The van der Waals surface area contributed by atoms with Crippen LogP contribution in [0.25, 0.3) is 0 Å². The summed E-state index contributed by atoms with van der Waals surface area (Å²) in [5.74, 6) is -0.807. The first-order valence-corrected chi connectivity index (χ1v) is 8.79. The van der Waals surface area contributed by atoms with Gasteiger partial charge in [-0.3, -0.25) is 9.59 Å². The highest BCUT2D eigenvalue weighted by molar-refractivity contribution is 6.00. The van der Waals surface area contributed by atoms with Crippen LogP contribution in [0.5, 0.6) is 0 Å². The van der Waals surface area contributed by atoms with Crippen LogP contribution in [0, 0.1) is 24.1 Å². The monoisotopic (exact) mass is 348 g/mol. The van der Waals surface area contributed by atoms with Crippen molar-refractivity contribution in [2.75, 3.05) is 31.1 Å². The number of aliphatic hydroxyl groups is 1. The highest BCUT2D eigenvalue weighted by atomic mass is 19.1. The number of nitrogens with zero attached hydrogens (tertiary/aromatic N) is 2. The van der Waals surface area contributed by atoms with Gasteiger partial charge < -0.3 is 14.9 Å². The van der Waals surface area contributed by atoms with E-state index in [0.717, 1.165) is 12.8 Å². The van der Waals surface area contributed by atoms with Gasteiger partial charge in [0.1, 0.15) is 5.82 Å². The van der Waals surface area contributed by atoms with E-state index in [0.29, 0.717) is 30.9 Å². The number of amides is 2. The second-order valence-corrected chi connectivity index (χ2v) is 7.67. The Bertz CT molecular complexity index is 693. The molecule has 2 amide bonds. The van der Waals surface area contributed by atoms with Crippen LogP contribution >= 0.6 is 0 Å². The van der Waals surface area contributed by atoms with Crippen molar-refractivity contribution in [1.29, 1.82) is 0 Å². The number of rotatable bonds is 3. The molecule has 0 radical (unpaired) electrons. The molecule has 2 heterocycles. The highest BCUT2D eigenvalue weighted by Crippen LogP contribution is 2.32. The molecule has 2 atom stereocenters. The number of likely N-dealkylation sites (tertiary alicyclic amines) is 1. The van der Waals surface area contributed by atoms with Gasteiger partial charge in [0.25, 0.3) is 0 Å². The molecular weight excluding hydrogens is 323 g/mol. The van der Waals surface area contributed by atoms with Crippen LogP contribution in [0.3, 0.4) is 0 Å². The fraction of sp³-hybridized carbons (Fsp3) is 0.579. The number of hydrogen-bond acceptors (Lipinski definition) is 3. The lowest BCUT2D eigenvalue weighted by atomic mass is 9.82. The minimum Gasteiger partial charge on any atom is -0.396 e. The molecule has 1 N–H and O–H groups in total. The summed E-state index contributed by atoms with van der Waals surface area (Å²) in [7, 11) is 0. The molecule has 1 aromatic carbocycles. The molecule has 0 aromatic heterocycles. The van der Waals surface area contributed by atoms with Gasteiger partial charge >= 0.3 is 0 Å². The Morgan fingerprint density at radius 3 is 2.88 bits per heavy atom. The van der Waals surface area contributed by atoms with E-state index in [1.807, 2.05) is 6.92 Å². The Labute approximate surface area is 147 Å². The zero-order chi connectivity index (χ0) is 18.2. The van der Waals surface area contributed by atoms with Gasteiger partial charge in [-0.2, -0.15) is 0 Å². The molecule has 0 saturated carbocycles. The maximum Gasteiger partial charge on any atom is 0.228 e. The third-order valence-corrected chi connectivity index (χ3v) is 5.40. The zero-order valence-corrected chi connectivity index (χ0v) is 14.8. The van der Waals surface area contributed by atoms with Gasteiger partial charge in [-0.15, -0.1) is 0 Å². The predicted octanol–water partition coefficient (Wildman–Crippen LogP) is 2.11. The number of hydrogen-bond donors (Lipinski definition) is 1. The predicted molar refractivity (Wildman–Crippen MR) is 92.6 cm³/mol. The molecule has 2 fully saturated rings. The fourth-order valence-electron chi connectivity index (χ4n) is 3.81. The lowest BCUT2D eigenvalue weighted by Crippen LogP contribution is -2.48. The average Bonchev–Trinajstić information content (AvgIpc) is 2.98. The van der Waals surface area contributed by atoms with Crippen LogP contribution in [-0.4, -0.2) is 48.1 Å². The summed E-state index contributed by atoms with van der Waals surface area (Å²) >= 11 is 0. The van der Waals surface area contributed by atoms with E-state index in [1.54, 1.807) is 28.9 Å². The maximum atomic E-state index is 13.5. The topological polar surface area (TPSA) is 60.9 Å². The lowest BCUT2D eigenvalue weighted by Gasteiger charge is -2.40. The summed E-state index contributed by atoms with van der Waals surface area (Å²) < 4.78 is 13.5. The third-order valence-electron chi connectivity index (χ3n) is 5.40. The Morgan fingerprint density at radius 1 is 1.44 bits per heavy atom. The normalized spacial score (nSPS) is 27.0. The molecule has 136 valence electrons. The van der Waals surface area contributed by atoms with Gasteiger partial charge in [0.05, 0.1) is 12.5 Å². The summed E-state index contributed by atoms with van der Waals surface area (Å²) in [6.45, 7) is 5.24. The number of carbonyl (C=O) groups excluding carboxylic acids is 2. The highest BCUT2D eigenvalue weighted by Gasteiger charge is 2.40. The molecule has 1 aromatic rings. The van der Waals surface area contributed by atoms with E-state index in [9.17, 15) is 19.1 Å². The molecule has 2 saturated heterocycles. The van der Waals surface area contributed by atoms with Gasteiger partial charge in [-0.25, -0.2) is 4.39 Å². The van der Waals surface area contributed by atoms with E-state index in [2.05, 4.69) is 0 Å². The first kappa shape index (κ1) is 17.9. The molecule has 0 bridgehead atoms. The summed E-state index contributed by atoms with van der Waals surface area (Å²) in [6, 6.07) is 4.57. The number of carbonyl (C=O) groups is 2. The van der Waals surface area contributed by atoms with Crippen LogP contribution in [0.2, 0.25) is 0 Å². The summed E-state index contributed by atoms with van der Waals surface area (Å²) in [4.78, 5) is 28.6. The lowest BCUT2D eigenvalue weighted by molar-refractivity contribution is -0.139. The van der Waals surface area contributed by atoms with Crippen LogP contribution in [0.1, 0.15) is 31.7 Å². The molecular formula is C19H25FN2O3. The average molecular weight is 348 g/mol. The molecule has 5 nitrogen and oxygen atoms in total.